The molecule has 0 atom stereocenters. The number of nitrogens with one attached hydrogen (secondary N) is 1. The van der Waals surface area contributed by atoms with Crippen molar-refractivity contribution >= 4 is 28.9 Å². The highest BCUT2D eigenvalue weighted by Gasteiger charge is 2.25. The number of amides is 1. The Morgan fingerprint density at radius 1 is 1.31 bits per heavy atom. The van der Waals surface area contributed by atoms with Gasteiger partial charge in [-0.25, -0.2) is 19.0 Å². The van der Waals surface area contributed by atoms with Crippen LogP contribution in [0.5, 0.6) is 0 Å². The molecule has 1 aliphatic rings. The highest BCUT2D eigenvalue weighted by Crippen LogP contribution is 2.27. The second kappa shape index (κ2) is 9.13. The highest BCUT2D eigenvalue weighted by molar-refractivity contribution is 5.92. The minimum atomic E-state index is -1.36. The third-order valence-electron chi connectivity index (χ3n) is 5.45. The summed E-state index contributed by atoms with van der Waals surface area (Å²) in [5.41, 5.74) is -1.47. The largest absolute Gasteiger partial charge is 0.477 e. The summed E-state index contributed by atoms with van der Waals surface area (Å²) in [4.78, 5) is 41.6. The van der Waals surface area contributed by atoms with Crippen LogP contribution in [-0.2, 0) is 11.8 Å². The van der Waals surface area contributed by atoms with Crippen LogP contribution < -0.4 is 15.6 Å². The number of aromatic nitrogens is 2. The van der Waals surface area contributed by atoms with E-state index in [-0.39, 0.29) is 16.9 Å². The van der Waals surface area contributed by atoms with Gasteiger partial charge in [-0.05, 0) is 52.0 Å². The van der Waals surface area contributed by atoms with Crippen molar-refractivity contribution in [1.82, 2.24) is 14.9 Å². The Labute approximate surface area is 185 Å². The number of halogens is 1. The normalized spacial score (nSPS) is 15.1. The molecule has 1 aliphatic heterocycles. The predicted molar refractivity (Wildman–Crippen MR) is 118 cm³/mol. The van der Waals surface area contributed by atoms with E-state index in [2.05, 4.69) is 10.3 Å². The van der Waals surface area contributed by atoms with Gasteiger partial charge in [-0.2, -0.15) is 0 Å². The number of ether oxygens (including phenoxy) is 1. The fraction of sp³-hybridized carbons (Fsp3) is 0.545. The number of hydrogen-bond donors (Lipinski definition) is 2. The Balaban J connectivity index is 1.65. The SMILES string of the molecule is Cn1cc(C(=O)O)c(=O)c2cc(F)c(N3CCC(CCNC(=O)OC(C)(C)C)CC3)nc21. The number of carbonyl (C=O) groups is 2. The first-order valence-corrected chi connectivity index (χ1v) is 10.6. The van der Waals surface area contributed by atoms with E-state index in [1.165, 1.54) is 10.8 Å². The van der Waals surface area contributed by atoms with Crippen LogP contribution in [0.15, 0.2) is 17.1 Å². The molecule has 2 aromatic rings. The number of aromatic carboxylic acids is 1. The van der Waals surface area contributed by atoms with Gasteiger partial charge in [-0.1, -0.05) is 0 Å². The zero-order valence-electron chi connectivity index (χ0n) is 18.8. The van der Waals surface area contributed by atoms with Gasteiger partial charge in [0.1, 0.15) is 16.8 Å². The third kappa shape index (κ3) is 5.35. The standard InChI is InChI=1S/C22H29FN4O5/c1-22(2,3)32-21(31)24-8-5-13-6-9-27(10-7-13)19-16(23)11-14-17(28)15(20(29)30)12-26(4)18(14)25-19/h11-13H,5-10H2,1-4H3,(H,24,31)(H,29,30). The monoisotopic (exact) mass is 448 g/mol. The molecule has 0 spiro atoms. The van der Waals surface area contributed by atoms with Gasteiger partial charge in [-0.3, -0.25) is 4.79 Å². The molecular weight excluding hydrogens is 419 g/mol. The number of fused-ring (bicyclic) bond motifs is 1. The fourth-order valence-electron chi connectivity index (χ4n) is 3.86. The number of carboxylic acid groups (broad SMARTS) is 1. The molecule has 1 amide bonds. The van der Waals surface area contributed by atoms with Crippen molar-refractivity contribution in [1.29, 1.82) is 0 Å². The van der Waals surface area contributed by atoms with Crippen LogP contribution in [0.25, 0.3) is 11.0 Å². The Hall–Kier alpha value is -3.17. The van der Waals surface area contributed by atoms with Crippen molar-refractivity contribution in [2.75, 3.05) is 24.5 Å². The van der Waals surface area contributed by atoms with Crippen LogP contribution >= 0.6 is 0 Å². The summed E-state index contributed by atoms with van der Waals surface area (Å²) in [5, 5.41) is 11.9. The second-order valence-corrected chi connectivity index (χ2v) is 9.10. The Kier molecular flexibility index (Phi) is 6.71. The minimum absolute atomic E-state index is 0.0586. The topological polar surface area (TPSA) is 114 Å². The quantitative estimate of drug-likeness (QED) is 0.723. The third-order valence-corrected chi connectivity index (χ3v) is 5.45. The van der Waals surface area contributed by atoms with Gasteiger partial charge in [0.15, 0.2) is 11.6 Å². The summed E-state index contributed by atoms with van der Waals surface area (Å²) in [5.74, 6) is -1.48. The molecule has 3 rings (SSSR count). The maximum atomic E-state index is 14.8. The van der Waals surface area contributed by atoms with Gasteiger partial charge in [-0.15, -0.1) is 0 Å². The molecule has 174 valence electrons. The lowest BCUT2D eigenvalue weighted by Gasteiger charge is -2.33. The van der Waals surface area contributed by atoms with Gasteiger partial charge in [0.25, 0.3) is 0 Å². The summed E-state index contributed by atoms with van der Waals surface area (Å²) in [6.45, 7) is 7.12. The Morgan fingerprint density at radius 2 is 1.97 bits per heavy atom. The Bertz CT molecular complexity index is 1080. The number of carbonyl (C=O) groups excluding carboxylic acids is 1. The Morgan fingerprint density at radius 3 is 2.56 bits per heavy atom. The first-order valence-electron chi connectivity index (χ1n) is 10.6. The molecule has 0 aliphatic carbocycles. The van der Waals surface area contributed by atoms with Crippen LogP contribution in [0.4, 0.5) is 15.0 Å². The molecule has 0 unspecified atom stereocenters. The van der Waals surface area contributed by atoms with Crippen LogP contribution in [0.2, 0.25) is 0 Å². The van der Waals surface area contributed by atoms with E-state index in [4.69, 9.17) is 4.74 Å². The molecule has 1 saturated heterocycles. The first kappa shape index (κ1) is 23.5. The lowest BCUT2D eigenvalue weighted by molar-refractivity contribution is 0.0523. The van der Waals surface area contributed by atoms with E-state index in [0.29, 0.717) is 25.6 Å². The number of alkyl carbamates (subject to hydrolysis) is 1. The first-order chi connectivity index (χ1) is 15.0. The summed E-state index contributed by atoms with van der Waals surface area (Å²) in [6, 6.07) is 1.07. The summed E-state index contributed by atoms with van der Waals surface area (Å²) < 4.78 is 21.5. The molecule has 32 heavy (non-hydrogen) atoms. The highest BCUT2D eigenvalue weighted by atomic mass is 19.1. The van der Waals surface area contributed by atoms with Crippen LogP contribution in [-0.4, -0.2) is 52.0 Å². The van der Waals surface area contributed by atoms with Crippen LogP contribution in [0.3, 0.4) is 0 Å². The van der Waals surface area contributed by atoms with Gasteiger partial charge in [0.05, 0.1) is 5.39 Å². The van der Waals surface area contributed by atoms with E-state index in [0.717, 1.165) is 25.3 Å². The fourth-order valence-corrected chi connectivity index (χ4v) is 3.86. The van der Waals surface area contributed by atoms with Gasteiger partial charge < -0.3 is 24.6 Å². The van der Waals surface area contributed by atoms with E-state index in [9.17, 15) is 23.9 Å². The summed E-state index contributed by atoms with van der Waals surface area (Å²) >= 11 is 0. The molecule has 2 aromatic heterocycles. The van der Waals surface area contributed by atoms with E-state index >= 15 is 0 Å². The molecule has 0 aromatic carbocycles. The summed E-state index contributed by atoms with van der Waals surface area (Å²) in [6.07, 6.45) is 3.19. The zero-order chi connectivity index (χ0) is 23.6. The molecular formula is C22H29FN4O5. The average Bonchev–Trinajstić information content (AvgIpc) is 2.69. The predicted octanol–water partition coefficient (Wildman–Crippen LogP) is 2.90. The van der Waals surface area contributed by atoms with E-state index in [1.54, 1.807) is 7.05 Å². The lowest BCUT2D eigenvalue weighted by Crippen LogP contribution is -2.37. The van der Waals surface area contributed by atoms with Gasteiger partial charge in [0, 0.05) is 32.9 Å². The molecule has 0 bridgehead atoms. The number of aryl methyl sites for hydroxylation is 1. The molecule has 9 nitrogen and oxygen atoms in total. The number of rotatable bonds is 5. The summed E-state index contributed by atoms with van der Waals surface area (Å²) in [7, 11) is 1.58. The van der Waals surface area contributed by atoms with Crippen molar-refractivity contribution in [3.05, 3.63) is 33.9 Å². The molecule has 2 N–H and O–H groups in total. The van der Waals surface area contributed by atoms with Crippen molar-refractivity contribution in [2.24, 2.45) is 13.0 Å². The number of carboxylic acids is 1. The van der Waals surface area contributed by atoms with Crippen molar-refractivity contribution in [3.63, 3.8) is 0 Å². The van der Waals surface area contributed by atoms with Crippen LogP contribution in [0.1, 0.15) is 50.4 Å². The zero-order valence-corrected chi connectivity index (χ0v) is 18.8. The molecule has 3 heterocycles. The second-order valence-electron chi connectivity index (χ2n) is 9.10. The average molecular weight is 448 g/mol. The van der Waals surface area contributed by atoms with Crippen molar-refractivity contribution in [3.8, 4) is 0 Å². The lowest BCUT2D eigenvalue weighted by atomic mass is 9.93. The smallest absolute Gasteiger partial charge is 0.407 e. The molecule has 0 radical (unpaired) electrons. The molecule has 0 saturated carbocycles. The number of hydrogen-bond acceptors (Lipinski definition) is 6. The van der Waals surface area contributed by atoms with Gasteiger partial charge >= 0.3 is 12.1 Å². The molecule has 1 fully saturated rings. The van der Waals surface area contributed by atoms with Crippen molar-refractivity contribution in [2.45, 2.75) is 45.6 Å². The molecule has 10 heteroatoms. The van der Waals surface area contributed by atoms with E-state index < -0.39 is 34.5 Å². The van der Waals surface area contributed by atoms with E-state index in [1.807, 2.05) is 25.7 Å². The van der Waals surface area contributed by atoms with Crippen LogP contribution in [0, 0.1) is 11.7 Å². The number of anilines is 1. The van der Waals surface area contributed by atoms with Gasteiger partial charge in [0.2, 0.25) is 5.43 Å². The number of piperidine rings is 1. The minimum Gasteiger partial charge on any atom is -0.477 e. The maximum absolute atomic E-state index is 14.8. The number of pyridine rings is 2. The van der Waals surface area contributed by atoms with Crippen molar-refractivity contribution < 1.29 is 23.8 Å². The number of nitrogens with zero attached hydrogens (tertiary/aromatic N) is 3. The maximum Gasteiger partial charge on any atom is 0.407 e.